The molecule has 5 heteroatoms. The summed E-state index contributed by atoms with van der Waals surface area (Å²) in [5.41, 5.74) is 1.20. The van der Waals surface area contributed by atoms with Crippen molar-refractivity contribution in [2.75, 3.05) is 7.11 Å². The SMILES string of the molecule is COc1ccc(C)cc1C(=O)C(Cl)CC(=O)O. The molecule has 0 amide bonds. The molecule has 0 saturated carbocycles. The Kier molecular flexibility index (Phi) is 4.52. The fraction of sp³-hybridized carbons (Fsp3) is 0.333. The van der Waals surface area contributed by atoms with E-state index >= 15 is 0 Å². The molecule has 17 heavy (non-hydrogen) atoms. The number of methoxy groups -OCH3 is 1. The molecular weight excluding hydrogens is 244 g/mol. The summed E-state index contributed by atoms with van der Waals surface area (Å²) in [5, 5.41) is 7.51. The monoisotopic (exact) mass is 256 g/mol. The lowest BCUT2D eigenvalue weighted by Gasteiger charge is -2.11. The van der Waals surface area contributed by atoms with Crippen LogP contribution >= 0.6 is 11.6 Å². The maximum atomic E-state index is 11.9. The molecule has 1 rings (SSSR count). The Morgan fingerprint density at radius 1 is 1.47 bits per heavy atom. The van der Waals surface area contributed by atoms with Crippen LogP contribution < -0.4 is 4.74 Å². The van der Waals surface area contributed by atoms with Crippen molar-refractivity contribution in [2.45, 2.75) is 18.7 Å². The minimum Gasteiger partial charge on any atom is -0.496 e. The molecule has 1 N–H and O–H groups in total. The minimum absolute atomic E-state index is 0.314. The lowest BCUT2D eigenvalue weighted by molar-refractivity contribution is -0.136. The average Bonchev–Trinajstić information content (AvgIpc) is 2.27. The molecule has 0 heterocycles. The van der Waals surface area contributed by atoms with Gasteiger partial charge in [0.05, 0.1) is 19.1 Å². The number of rotatable bonds is 5. The van der Waals surface area contributed by atoms with Crippen LogP contribution in [0.1, 0.15) is 22.3 Å². The van der Waals surface area contributed by atoms with Crippen LogP contribution in [0.15, 0.2) is 18.2 Å². The van der Waals surface area contributed by atoms with Gasteiger partial charge in [-0.15, -0.1) is 11.6 Å². The molecule has 0 aliphatic heterocycles. The van der Waals surface area contributed by atoms with E-state index in [2.05, 4.69) is 0 Å². The van der Waals surface area contributed by atoms with Gasteiger partial charge in [-0.1, -0.05) is 11.6 Å². The van der Waals surface area contributed by atoms with Crippen molar-refractivity contribution in [3.63, 3.8) is 0 Å². The number of carboxylic acid groups (broad SMARTS) is 1. The molecule has 0 radical (unpaired) electrons. The second-order valence-electron chi connectivity index (χ2n) is 3.63. The van der Waals surface area contributed by atoms with E-state index in [4.69, 9.17) is 21.4 Å². The fourth-order valence-corrected chi connectivity index (χ4v) is 1.68. The number of alkyl halides is 1. The van der Waals surface area contributed by atoms with Crippen LogP contribution in [0.3, 0.4) is 0 Å². The van der Waals surface area contributed by atoms with Gasteiger partial charge in [-0.05, 0) is 19.1 Å². The number of carbonyl (C=O) groups is 2. The van der Waals surface area contributed by atoms with Gasteiger partial charge in [0, 0.05) is 0 Å². The standard InChI is InChI=1S/C12H13ClO4/c1-7-3-4-10(17-2)8(5-7)12(16)9(13)6-11(14)15/h3-5,9H,6H2,1-2H3,(H,14,15). The van der Waals surface area contributed by atoms with Crippen molar-refractivity contribution in [3.8, 4) is 5.75 Å². The van der Waals surface area contributed by atoms with E-state index in [1.54, 1.807) is 18.2 Å². The van der Waals surface area contributed by atoms with Gasteiger partial charge in [0.15, 0.2) is 5.78 Å². The Labute approximate surface area is 104 Å². The third kappa shape index (κ3) is 3.46. The Balaban J connectivity index is 3.02. The van der Waals surface area contributed by atoms with Gasteiger partial charge in [0.25, 0.3) is 0 Å². The number of hydrogen-bond acceptors (Lipinski definition) is 3. The molecule has 0 aliphatic rings. The summed E-state index contributed by atoms with van der Waals surface area (Å²) in [6, 6.07) is 5.10. The summed E-state index contributed by atoms with van der Waals surface area (Å²) in [6.07, 6.45) is -0.405. The maximum absolute atomic E-state index is 11.9. The van der Waals surface area contributed by atoms with Crippen LogP contribution in [-0.4, -0.2) is 29.3 Å². The first-order valence-electron chi connectivity index (χ1n) is 5.00. The van der Waals surface area contributed by atoms with E-state index < -0.39 is 23.6 Å². The van der Waals surface area contributed by atoms with E-state index in [1.807, 2.05) is 6.92 Å². The topological polar surface area (TPSA) is 63.6 Å². The van der Waals surface area contributed by atoms with Gasteiger partial charge in [-0.2, -0.15) is 0 Å². The molecule has 0 fully saturated rings. The third-order valence-corrected chi connectivity index (χ3v) is 2.61. The highest BCUT2D eigenvalue weighted by molar-refractivity contribution is 6.35. The number of Topliss-reactive ketones (excluding diaryl/α,β-unsaturated/α-hetero) is 1. The van der Waals surface area contributed by atoms with Crippen molar-refractivity contribution >= 4 is 23.4 Å². The van der Waals surface area contributed by atoms with Crippen molar-refractivity contribution < 1.29 is 19.4 Å². The summed E-state index contributed by atoms with van der Waals surface area (Å²) < 4.78 is 5.05. The third-order valence-electron chi connectivity index (χ3n) is 2.26. The molecule has 1 unspecified atom stereocenters. The van der Waals surface area contributed by atoms with Crippen LogP contribution in [-0.2, 0) is 4.79 Å². The van der Waals surface area contributed by atoms with E-state index in [0.29, 0.717) is 11.3 Å². The number of halogens is 1. The largest absolute Gasteiger partial charge is 0.496 e. The number of aryl methyl sites for hydroxylation is 1. The molecule has 0 bridgehead atoms. The van der Waals surface area contributed by atoms with Crippen molar-refractivity contribution in [3.05, 3.63) is 29.3 Å². The maximum Gasteiger partial charge on any atom is 0.305 e. The normalized spacial score (nSPS) is 11.9. The highest BCUT2D eigenvalue weighted by Gasteiger charge is 2.23. The van der Waals surface area contributed by atoms with E-state index in [1.165, 1.54) is 7.11 Å². The summed E-state index contributed by atoms with van der Waals surface area (Å²) in [5.74, 6) is -1.14. The van der Waals surface area contributed by atoms with Crippen LogP contribution in [0, 0.1) is 6.92 Å². The van der Waals surface area contributed by atoms with Crippen LogP contribution in [0.25, 0.3) is 0 Å². The summed E-state index contributed by atoms with van der Waals surface area (Å²) in [6.45, 7) is 1.83. The fourth-order valence-electron chi connectivity index (χ4n) is 1.43. The van der Waals surface area contributed by atoms with Crippen LogP contribution in [0.2, 0.25) is 0 Å². The molecule has 1 atom stereocenters. The molecule has 0 spiro atoms. The summed E-state index contributed by atoms with van der Waals surface area (Å²) in [4.78, 5) is 22.4. The van der Waals surface area contributed by atoms with Gasteiger partial charge in [-0.25, -0.2) is 0 Å². The lowest BCUT2D eigenvalue weighted by Crippen LogP contribution is -2.19. The zero-order valence-corrected chi connectivity index (χ0v) is 10.3. The van der Waals surface area contributed by atoms with Gasteiger partial charge in [0.1, 0.15) is 11.1 Å². The lowest BCUT2D eigenvalue weighted by atomic mass is 10.0. The molecule has 1 aromatic carbocycles. The van der Waals surface area contributed by atoms with Crippen LogP contribution in [0.5, 0.6) is 5.75 Å². The first kappa shape index (κ1) is 13.5. The number of ketones is 1. The molecule has 92 valence electrons. The van der Waals surface area contributed by atoms with Gasteiger partial charge in [0.2, 0.25) is 0 Å². The smallest absolute Gasteiger partial charge is 0.305 e. The molecule has 0 aliphatic carbocycles. The second-order valence-corrected chi connectivity index (χ2v) is 4.16. The highest BCUT2D eigenvalue weighted by atomic mass is 35.5. The first-order valence-corrected chi connectivity index (χ1v) is 5.44. The number of benzene rings is 1. The Bertz CT molecular complexity index is 442. The second kappa shape index (κ2) is 5.68. The van der Waals surface area contributed by atoms with Crippen LogP contribution in [0.4, 0.5) is 0 Å². The first-order chi connectivity index (χ1) is 7.95. The molecule has 1 aromatic rings. The van der Waals surface area contributed by atoms with Gasteiger partial charge >= 0.3 is 5.97 Å². The summed E-state index contributed by atoms with van der Waals surface area (Å²) >= 11 is 5.76. The van der Waals surface area contributed by atoms with E-state index in [9.17, 15) is 9.59 Å². The molecule has 0 saturated heterocycles. The predicted molar refractivity (Wildman–Crippen MR) is 64.0 cm³/mol. The molecule has 4 nitrogen and oxygen atoms in total. The Morgan fingerprint density at radius 3 is 2.65 bits per heavy atom. The van der Waals surface area contributed by atoms with E-state index in [-0.39, 0.29) is 0 Å². The Hall–Kier alpha value is -1.55. The molecule has 0 aromatic heterocycles. The Morgan fingerprint density at radius 2 is 2.12 bits per heavy atom. The predicted octanol–water partition coefficient (Wildman–Crippen LogP) is 2.27. The average molecular weight is 257 g/mol. The van der Waals surface area contributed by atoms with Crippen molar-refractivity contribution in [1.82, 2.24) is 0 Å². The zero-order valence-electron chi connectivity index (χ0n) is 9.57. The quantitative estimate of drug-likeness (QED) is 0.648. The zero-order chi connectivity index (χ0) is 13.0. The van der Waals surface area contributed by atoms with Crippen molar-refractivity contribution in [1.29, 1.82) is 0 Å². The van der Waals surface area contributed by atoms with Crippen molar-refractivity contribution in [2.24, 2.45) is 0 Å². The van der Waals surface area contributed by atoms with Gasteiger partial charge < -0.3 is 9.84 Å². The number of hydrogen-bond donors (Lipinski definition) is 1. The minimum atomic E-state index is -1.11. The number of carbonyl (C=O) groups excluding carboxylic acids is 1. The van der Waals surface area contributed by atoms with Gasteiger partial charge in [-0.3, -0.25) is 9.59 Å². The number of aliphatic carboxylic acids is 1. The van der Waals surface area contributed by atoms with E-state index in [0.717, 1.165) is 5.56 Å². The molecular formula is C12H13ClO4. The number of ether oxygens (including phenoxy) is 1. The highest BCUT2D eigenvalue weighted by Crippen LogP contribution is 2.23. The summed E-state index contributed by atoms with van der Waals surface area (Å²) in [7, 11) is 1.45. The number of carboxylic acids is 1.